The third kappa shape index (κ3) is 4.88. The number of hydrogen-bond donors (Lipinski definition) is 1. The van der Waals surface area contributed by atoms with E-state index in [2.05, 4.69) is 13.8 Å². The minimum absolute atomic E-state index is 0.436. The van der Waals surface area contributed by atoms with Crippen LogP contribution in [0.5, 0.6) is 0 Å². The molecule has 62 valence electrons. The molecule has 0 saturated heterocycles. The molecule has 0 aliphatic rings. The normalized spacial score (nSPS) is 11.7. The van der Waals surface area contributed by atoms with Gasteiger partial charge in [-0.15, -0.1) is 11.8 Å². The van der Waals surface area contributed by atoms with Crippen LogP contribution in [0.1, 0.15) is 13.8 Å². The molecule has 0 radical (unpaired) electrons. The maximum absolute atomic E-state index is 8.41. The molecule has 0 aliphatic carbocycles. The molecule has 0 atom stereocenters. The van der Waals surface area contributed by atoms with Crippen molar-refractivity contribution in [1.82, 2.24) is 0 Å². The predicted octanol–water partition coefficient (Wildman–Crippen LogP) is 1.74. The number of nitrogens with zero attached hydrogens (tertiary/aromatic N) is 1. The summed E-state index contributed by atoms with van der Waals surface area (Å²) in [4.78, 5) is 1.12. The molecule has 0 bridgehead atoms. The Morgan fingerprint density at radius 2 is 2.36 bits per heavy atom. The summed E-state index contributed by atoms with van der Waals surface area (Å²) >= 11 is 1.67. The third-order valence-corrected chi connectivity index (χ3v) is 2.52. The number of rotatable bonds is 4. The number of allylic oxidation sites excluding steroid dienone is 2. The van der Waals surface area contributed by atoms with Crippen molar-refractivity contribution in [3.63, 3.8) is 0 Å². The molecule has 11 heavy (non-hydrogen) atoms. The first-order valence-corrected chi connectivity index (χ1v) is 4.63. The molecule has 3 heteroatoms. The average molecular weight is 170 g/mol. The van der Waals surface area contributed by atoms with Gasteiger partial charge in [0.2, 0.25) is 0 Å². The van der Waals surface area contributed by atoms with Gasteiger partial charge in [-0.25, -0.2) is 0 Å². The Kier molecular flexibility index (Phi) is 6.00. The lowest BCUT2D eigenvalue weighted by Crippen LogP contribution is -2.02. The first-order chi connectivity index (χ1) is 5.22. The van der Waals surface area contributed by atoms with E-state index in [1.807, 2.05) is 6.07 Å². The van der Waals surface area contributed by atoms with Gasteiger partial charge in [-0.1, -0.05) is 13.8 Å². The van der Waals surface area contributed by atoms with Gasteiger partial charge in [0.1, 0.15) is 0 Å². The van der Waals surface area contributed by atoms with Crippen LogP contribution < -0.4 is 5.73 Å². The van der Waals surface area contributed by atoms with Gasteiger partial charge < -0.3 is 5.73 Å². The van der Waals surface area contributed by atoms with E-state index in [0.717, 1.165) is 10.7 Å². The predicted molar refractivity (Wildman–Crippen MR) is 50.0 cm³/mol. The second kappa shape index (κ2) is 6.26. The van der Waals surface area contributed by atoms with Crippen molar-refractivity contribution in [2.24, 2.45) is 11.7 Å². The van der Waals surface area contributed by atoms with Crippen LogP contribution in [-0.4, -0.2) is 12.3 Å². The second-order valence-electron chi connectivity index (χ2n) is 2.47. The van der Waals surface area contributed by atoms with Gasteiger partial charge in [-0.05, 0) is 10.8 Å². The molecule has 0 fully saturated rings. The molecule has 0 spiro atoms. The SMILES string of the molecule is CC(C)/C(=C/C#N)SCCN. The van der Waals surface area contributed by atoms with Crippen LogP contribution in [0.2, 0.25) is 0 Å². The van der Waals surface area contributed by atoms with Crippen molar-refractivity contribution in [1.29, 1.82) is 5.26 Å². The number of nitrogens with two attached hydrogens (primary N) is 1. The molecule has 0 aromatic heterocycles. The molecule has 0 rings (SSSR count). The van der Waals surface area contributed by atoms with Gasteiger partial charge in [0, 0.05) is 18.4 Å². The fourth-order valence-corrected chi connectivity index (χ4v) is 1.44. The van der Waals surface area contributed by atoms with Crippen LogP contribution in [-0.2, 0) is 0 Å². The van der Waals surface area contributed by atoms with Crippen molar-refractivity contribution in [3.8, 4) is 6.07 Å². The molecular weight excluding hydrogens is 156 g/mol. The smallest absolute Gasteiger partial charge is 0.0920 e. The Bertz CT molecular complexity index is 167. The minimum atomic E-state index is 0.436. The molecule has 0 aromatic rings. The molecule has 0 aliphatic heterocycles. The van der Waals surface area contributed by atoms with E-state index >= 15 is 0 Å². The Balaban J connectivity index is 3.93. The van der Waals surface area contributed by atoms with E-state index in [1.54, 1.807) is 17.8 Å². The summed E-state index contributed by atoms with van der Waals surface area (Å²) in [5, 5.41) is 8.41. The molecule has 0 aromatic carbocycles. The molecule has 0 unspecified atom stereocenters. The van der Waals surface area contributed by atoms with E-state index in [0.29, 0.717) is 12.5 Å². The second-order valence-corrected chi connectivity index (χ2v) is 3.64. The van der Waals surface area contributed by atoms with Crippen molar-refractivity contribution < 1.29 is 0 Å². The number of nitriles is 1. The highest BCUT2D eigenvalue weighted by atomic mass is 32.2. The van der Waals surface area contributed by atoms with Crippen LogP contribution in [0.3, 0.4) is 0 Å². The summed E-state index contributed by atoms with van der Waals surface area (Å²) in [5.74, 6) is 1.33. The summed E-state index contributed by atoms with van der Waals surface area (Å²) < 4.78 is 0. The van der Waals surface area contributed by atoms with Gasteiger partial charge in [0.05, 0.1) is 6.07 Å². The van der Waals surface area contributed by atoms with Crippen LogP contribution in [0, 0.1) is 17.2 Å². The van der Waals surface area contributed by atoms with E-state index in [-0.39, 0.29) is 0 Å². The highest BCUT2D eigenvalue weighted by Gasteiger charge is 2.01. The van der Waals surface area contributed by atoms with E-state index in [4.69, 9.17) is 11.0 Å². The molecule has 0 heterocycles. The van der Waals surface area contributed by atoms with Gasteiger partial charge in [0.25, 0.3) is 0 Å². The molecular formula is C8H14N2S. The van der Waals surface area contributed by atoms with Gasteiger partial charge in [-0.3, -0.25) is 0 Å². The highest BCUT2D eigenvalue weighted by molar-refractivity contribution is 8.03. The van der Waals surface area contributed by atoms with Crippen molar-refractivity contribution >= 4 is 11.8 Å². The highest BCUT2D eigenvalue weighted by Crippen LogP contribution is 2.22. The van der Waals surface area contributed by atoms with Crippen molar-refractivity contribution in [3.05, 3.63) is 11.0 Å². The number of hydrogen-bond acceptors (Lipinski definition) is 3. The van der Waals surface area contributed by atoms with E-state index < -0.39 is 0 Å². The summed E-state index contributed by atoms with van der Waals surface area (Å²) in [6.45, 7) is 4.82. The fraction of sp³-hybridized carbons (Fsp3) is 0.625. The van der Waals surface area contributed by atoms with Crippen LogP contribution in [0.25, 0.3) is 0 Å². The Morgan fingerprint density at radius 3 is 2.73 bits per heavy atom. The Labute approximate surface area is 72.5 Å². The zero-order valence-electron chi connectivity index (χ0n) is 7.00. The van der Waals surface area contributed by atoms with Crippen LogP contribution >= 0.6 is 11.8 Å². The molecule has 0 saturated carbocycles. The Morgan fingerprint density at radius 1 is 1.73 bits per heavy atom. The topological polar surface area (TPSA) is 49.8 Å². The zero-order valence-corrected chi connectivity index (χ0v) is 7.82. The van der Waals surface area contributed by atoms with Gasteiger partial charge in [0.15, 0.2) is 0 Å². The zero-order chi connectivity index (χ0) is 8.69. The quantitative estimate of drug-likeness (QED) is 0.654. The minimum Gasteiger partial charge on any atom is -0.330 e. The largest absolute Gasteiger partial charge is 0.330 e. The molecule has 0 amide bonds. The lowest BCUT2D eigenvalue weighted by molar-refractivity contribution is 0.816. The van der Waals surface area contributed by atoms with Crippen molar-refractivity contribution in [2.75, 3.05) is 12.3 Å². The summed E-state index contributed by atoms with van der Waals surface area (Å²) in [5.41, 5.74) is 5.34. The first kappa shape index (κ1) is 10.5. The van der Waals surface area contributed by atoms with E-state index in [9.17, 15) is 0 Å². The van der Waals surface area contributed by atoms with Gasteiger partial charge >= 0.3 is 0 Å². The van der Waals surface area contributed by atoms with E-state index in [1.165, 1.54) is 0 Å². The standard InChI is InChI=1S/C8H14N2S/c1-7(2)8(3-4-9)11-6-5-10/h3,7H,5-6,10H2,1-2H3/b8-3-. The van der Waals surface area contributed by atoms with Gasteiger partial charge in [-0.2, -0.15) is 5.26 Å². The maximum atomic E-state index is 8.41. The monoisotopic (exact) mass is 170 g/mol. The number of thioether (sulfide) groups is 1. The lowest BCUT2D eigenvalue weighted by atomic mass is 10.2. The molecule has 2 N–H and O–H groups in total. The fourth-order valence-electron chi connectivity index (χ4n) is 0.615. The lowest BCUT2D eigenvalue weighted by Gasteiger charge is -2.07. The Hall–Kier alpha value is -0.460. The molecule has 2 nitrogen and oxygen atoms in total. The summed E-state index contributed by atoms with van der Waals surface area (Å²) in [7, 11) is 0. The average Bonchev–Trinajstić information content (AvgIpc) is 1.97. The van der Waals surface area contributed by atoms with Crippen LogP contribution in [0.4, 0.5) is 0 Å². The van der Waals surface area contributed by atoms with Crippen molar-refractivity contribution in [2.45, 2.75) is 13.8 Å². The first-order valence-electron chi connectivity index (χ1n) is 3.65. The van der Waals surface area contributed by atoms with Crippen LogP contribution in [0.15, 0.2) is 11.0 Å². The third-order valence-electron chi connectivity index (χ3n) is 1.16. The maximum Gasteiger partial charge on any atom is 0.0920 e. The summed E-state index contributed by atoms with van der Waals surface area (Å²) in [6.07, 6.45) is 1.60. The summed E-state index contributed by atoms with van der Waals surface area (Å²) in [6, 6.07) is 2.03.